The van der Waals surface area contributed by atoms with E-state index in [2.05, 4.69) is 4.72 Å². The zero-order valence-corrected chi connectivity index (χ0v) is 12.7. The van der Waals surface area contributed by atoms with Crippen LogP contribution in [0, 0.1) is 0 Å². The van der Waals surface area contributed by atoms with Crippen molar-refractivity contribution in [2.24, 2.45) is 0 Å². The van der Waals surface area contributed by atoms with Crippen LogP contribution in [0.2, 0.25) is 0 Å². The number of aliphatic carboxylic acids is 1. The Morgan fingerprint density at radius 2 is 1.90 bits per heavy atom. The van der Waals surface area contributed by atoms with Crippen LogP contribution in [-0.4, -0.2) is 43.4 Å². The molecule has 0 saturated carbocycles. The fourth-order valence-electron chi connectivity index (χ4n) is 1.32. The normalized spacial score (nSPS) is 14.4. The van der Waals surface area contributed by atoms with Crippen molar-refractivity contribution in [2.45, 2.75) is 30.8 Å². The Balaban J connectivity index is 2.73. The van der Waals surface area contributed by atoms with Crippen molar-refractivity contribution in [1.82, 2.24) is 4.72 Å². The molecule has 1 atom stereocenters. The SMILES string of the molecule is CCC(C)(O)CNS(=O)(=O)c1ccc(OCC(=O)O)cc1. The molecule has 0 aliphatic carbocycles. The van der Waals surface area contributed by atoms with Crippen molar-refractivity contribution < 1.29 is 28.2 Å². The third-order valence-electron chi connectivity index (χ3n) is 2.90. The molecule has 0 radical (unpaired) electrons. The summed E-state index contributed by atoms with van der Waals surface area (Å²) >= 11 is 0. The highest BCUT2D eigenvalue weighted by Gasteiger charge is 2.22. The molecule has 0 aliphatic heterocycles. The zero-order valence-electron chi connectivity index (χ0n) is 11.9. The minimum absolute atomic E-state index is 0.0112. The largest absolute Gasteiger partial charge is 0.482 e. The molecule has 3 N–H and O–H groups in total. The van der Waals surface area contributed by atoms with Crippen LogP contribution in [0.25, 0.3) is 0 Å². The summed E-state index contributed by atoms with van der Waals surface area (Å²) < 4.78 is 31.3. The van der Waals surface area contributed by atoms with Gasteiger partial charge in [-0.05, 0) is 37.6 Å². The predicted molar refractivity (Wildman–Crippen MR) is 75.7 cm³/mol. The highest BCUT2D eigenvalue weighted by molar-refractivity contribution is 7.89. The summed E-state index contributed by atoms with van der Waals surface area (Å²) in [5, 5.41) is 18.3. The van der Waals surface area contributed by atoms with Gasteiger partial charge in [0.05, 0.1) is 10.5 Å². The van der Waals surface area contributed by atoms with Crippen LogP contribution < -0.4 is 9.46 Å². The van der Waals surface area contributed by atoms with E-state index < -0.39 is 28.2 Å². The van der Waals surface area contributed by atoms with Gasteiger partial charge in [0, 0.05) is 6.54 Å². The molecule has 1 unspecified atom stereocenters. The molecule has 21 heavy (non-hydrogen) atoms. The fourth-order valence-corrected chi connectivity index (χ4v) is 2.48. The van der Waals surface area contributed by atoms with Crippen molar-refractivity contribution in [3.8, 4) is 5.75 Å². The van der Waals surface area contributed by atoms with Crippen LogP contribution in [-0.2, 0) is 14.8 Å². The standard InChI is InChI=1S/C13H19NO6S/c1-3-13(2,17)9-14-21(18,19)11-6-4-10(5-7-11)20-8-12(15)16/h4-7,14,17H,3,8-9H2,1-2H3,(H,15,16). The lowest BCUT2D eigenvalue weighted by Gasteiger charge is -2.21. The summed E-state index contributed by atoms with van der Waals surface area (Å²) in [6, 6.07) is 5.35. The first-order chi connectivity index (χ1) is 9.66. The lowest BCUT2D eigenvalue weighted by Crippen LogP contribution is -2.40. The summed E-state index contributed by atoms with van der Waals surface area (Å²) in [6.45, 7) is 2.70. The van der Waals surface area contributed by atoms with Gasteiger partial charge in [-0.25, -0.2) is 17.9 Å². The molecule has 0 amide bonds. The average molecular weight is 317 g/mol. The van der Waals surface area contributed by atoms with E-state index in [-0.39, 0.29) is 17.2 Å². The summed E-state index contributed by atoms with van der Waals surface area (Å²) in [4.78, 5) is 10.4. The van der Waals surface area contributed by atoms with E-state index in [9.17, 15) is 18.3 Å². The Hall–Kier alpha value is -1.64. The molecule has 1 aromatic carbocycles. The van der Waals surface area contributed by atoms with E-state index >= 15 is 0 Å². The van der Waals surface area contributed by atoms with Crippen LogP contribution >= 0.6 is 0 Å². The molecule has 0 heterocycles. The van der Waals surface area contributed by atoms with Crippen LogP contribution in [0.1, 0.15) is 20.3 Å². The van der Waals surface area contributed by atoms with E-state index in [0.717, 1.165) is 0 Å². The van der Waals surface area contributed by atoms with Gasteiger partial charge in [0.1, 0.15) is 5.75 Å². The number of carboxylic acids is 1. The molecule has 118 valence electrons. The molecule has 0 fully saturated rings. The minimum atomic E-state index is -3.73. The second-order valence-corrected chi connectivity index (χ2v) is 6.60. The second-order valence-electron chi connectivity index (χ2n) is 4.83. The van der Waals surface area contributed by atoms with Crippen molar-refractivity contribution in [3.63, 3.8) is 0 Å². The molecule has 7 nitrogen and oxygen atoms in total. The molecule has 0 bridgehead atoms. The topological polar surface area (TPSA) is 113 Å². The maximum absolute atomic E-state index is 12.0. The number of carboxylic acid groups (broad SMARTS) is 1. The Morgan fingerprint density at radius 1 is 1.33 bits per heavy atom. The first kappa shape index (κ1) is 17.4. The Bertz CT molecular complexity index is 579. The van der Waals surface area contributed by atoms with Crippen molar-refractivity contribution in [3.05, 3.63) is 24.3 Å². The van der Waals surface area contributed by atoms with Crippen LogP contribution in [0.3, 0.4) is 0 Å². The first-order valence-corrected chi connectivity index (χ1v) is 7.81. The van der Waals surface area contributed by atoms with Gasteiger partial charge in [0.25, 0.3) is 0 Å². The number of hydrogen-bond acceptors (Lipinski definition) is 5. The molecule has 0 aliphatic rings. The number of ether oxygens (including phenoxy) is 1. The third-order valence-corrected chi connectivity index (χ3v) is 4.32. The molecule has 8 heteroatoms. The van der Waals surface area contributed by atoms with Crippen molar-refractivity contribution >= 4 is 16.0 Å². The molecule has 0 spiro atoms. The monoisotopic (exact) mass is 317 g/mol. The molecule has 1 rings (SSSR count). The van der Waals surface area contributed by atoms with Crippen LogP contribution in [0.5, 0.6) is 5.75 Å². The quantitative estimate of drug-likeness (QED) is 0.647. The Labute approximate surface area is 123 Å². The summed E-state index contributed by atoms with van der Waals surface area (Å²) in [5.74, 6) is -0.855. The molecular weight excluding hydrogens is 298 g/mol. The van der Waals surface area contributed by atoms with Crippen LogP contribution in [0.15, 0.2) is 29.2 Å². The van der Waals surface area contributed by atoms with Crippen molar-refractivity contribution in [1.29, 1.82) is 0 Å². The number of hydrogen-bond donors (Lipinski definition) is 3. The van der Waals surface area contributed by atoms with Gasteiger partial charge in [0.15, 0.2) is 6.61 Å². The molecule has 0 aromatic heterocycles. The summed E-state index contributed by atoms with van der Waals surface area (Å²) in [6.07, 6.45) is 0.414. The highest BCUT2D eigenvalue weighted by Crippen LogP contribution is 2.16. The minimum Gasteiger partial charge on any atom is -0.482 e. The zero-order chi connectivity index (χ0) is 16.1. The third kappa shape index (κ3) is 5.70. The van der Waals surface area contributed by atoms with Gasteiger partial charge in [-0.1, -0.05) is 6.92 Å². The van der Waals surface area contributed by atoms with Gasteiger partial charge < -0.3 is 14.9 Å². The predicted octanol–water partition coefficient (Wildman–Crippen LogP) is 0.589. The maximum Gasteiger partial charge on any atom is 0.341 e. The van der Waals surface area contributed by atoms with Gasteiger partial charge in [0.2, 0.25) is 10.0 Å². The first-order valence-electron chi connectivity index (χ1n) is 6.33. The number of carbonyl (C=O) groups is 1. The van der Waals surface area contributed by atoms with E-state index in [1.54, 1.807) is 13.8 Å². The second kappa shape index (κ2) is 6.88. The fraction of sp³-hybridized carbons (Fsp3) is 0.462. The molecule has 0 saturated heterocycles. The number of benzene rings is 1. The van der Waals surface area contributed by atoms with Crippen LogP contribution in [0.4, 0.5) is 0 Å². The Morgan fingerprint density at radius 3 is 2.38 bits per heavy atom. The van der Waals surface area contributed by atoms with E-state index in [1.165, 1.54) is 24.3 Å². The van der Waals surface area contributed by atoms with E-state index in [0.29, 0.717) is 6.42 Å². The number of rotatable bonds is 8. The van der Waals surface area contributed by atoms with Crippen molar-refractivity contribution in [2.75, 3.05) is 13.2 Å². The molecule has 1 aromatic rings. The lowest BCUT2D eigenvalue weighted by molar-refractivity contribution is -0.139. The highest BCUT2D eigenvalue weighted by atomic mass is 32.2. The number of nitrogens with one attached hydrogen (secondary N) is 1. The Kier molecular flexibility index (Phi) is 5.70. The summed E-state index contributed by atoms with van der Waals surface area (Å²) in [7, 11) is -3.73. The van der Waals surface area contributed by atoms with Gasteiger partial charge in [-0.2, -0.15) is 0 Å². The smallest absolute Gasteiger partial charge is 0.341 e. The van der Waals surface area contributed by atoms with E-state index in [1.807, 2.05) is 0 Å². The van der Waals surface area contributed by atoms with Gasteiger partial charge in [-0.15, -0.1) is 0 Å². The number of sulfonamides is 1. The van der Waals surface area contributed by atoms with E-state index in [4.69, 9.17) is 9.84 Å². The molecular formula is C13H19NO6S. The van der Waals surface area contributed by atoms with Gasteiger partial charge in [-0.3, -0.25) is 0 Å². The average Bonchev–Trinajstić information content (AvgIpc) is 2.44. The number of aliphatic hydroxyl groups is 1. The lowest BCUT2D eigenvalue weighted by atomic mass is 10.1. The van der Waals surface area contributed by atoms with Gasteiger partial charge >= 0.3 is 5.97 Å². The maximum atomic E-state index is 12.0. The summed E-state index contributed by atoms with van der Waals surface area (Å²) in [5.41, 5.74) is -1.11.